The molecule has 0 rings (SSSR count). The van der Waals surface area contributed by atoms with Crippen LogP contribution in [0.3, 0.4) is 0 Å². The molecule has 0 saturated heterocycles. The van der Waals surface area contributed by atoms with Crippen LogP contribution < -0.4 is 0 Å². The molecular weight excluding hydrogens is 123 g/mol. The minimum atomic E-state index is 0. The Labute approximate surface area is 74.6 Å². The molecule has 0 saturated carbocycles. The van der Waals surface area contributed by atoms with E-state index in [9.17, 15) is 0 Å². The van der Waals surface area contributed by atoms with Gasteiger partial charge in [-0.05, 0) is 11.8 Å². The molecule has 0 aliphatic carbocycles. The van der Waals surface area contributed by atoms with Crippen molar-refractivity contribution in [3.63, 3.8) is 0 Å². The summed E-state index contributed by atoms with van der Waals surface area (Å²) in [6, 6.07) is 0. The third-order valence-electron chi connectivity index (χ3n) is 1.32. The van der Waals surface area contributed by atoms with Crippen molar-refractivity contribution < 1.29 is 4.28 Å². The standard InChI is InChI=1S/C8H18.Al.3H/c1-7(2)5-6-8(3)4;;;;/h7-8H,5-6H2,1-4H3;;;;/q;+3;3*-1. The van der Waals surface area contributed by atoms with Gasteiger partial charge >= 0.3 is 17.4 Å². The molecule has 0 atom stereocenters. The SMILES string of the molecule is CC(C)CCC(C)C.[Al+3].[H-].[H-].[H-]. The monoisotopic (exact) mass is 144 g/mol. The van der Waals surface area contributed by atoms with E-state index in [4.69, 9.17) is 0 Å². The van der Waals surface area contributed by atoms with E-state index in [1.165, 1.54) is 12.8 Å². The Balaban J connectivity index is -0.0000000408. The molecule has 0 aromatic carbocycles. The van der Waals surface area contributed by atoms with Gasteiger partial charge in [-0.15, -0.1) is 0 Å². The molecule has 0 N–H and O–H groups in total. The summed E-state index contributed by atoms with van der Waals surface area (Å²) in [5.41, 5.74) is 0. The van der Waals surface area contributed by atoms with Crippen LogP contribution in [0.25, 0.3) is 0 Å². The first-order valence-electron chi connectivity index (χ1n) is 3.63. The first kappa shape index (κ1) is 12.2. The normalized spacial score (nSPS) is 10.0. The molecule has 9 heavy (non-hydrogen) atoms. The maximum Gasteiger partial charge on any atom is 3.00 e. The van der Waals surface area contributed by atoms with Crippen molar-refractivity contribution in [3.8, 4) is 0 Å². The van der Waals surface area contributed by atoms with E-state index in [1.54, 1.807) is 0 Å². The fourth-order valence-corrected chi connectivity index (χ4v) is 0.667. The van der Waals surface area contributed by atoms with E-state index >= 15 is 0 Å². The van der Waals surface area contributed by atoms with E-state index in [1.807, 2.05) is 0 Å². The van der Waals surface area contributed by atoms with Gasteiger partial charge < -0.3 is 4.28 Å². The summed E-state index contributed by atoms with van der Waals surface area (Å²) in [4.78, 5) is 0. The van der Waals surface area contributed by atoms with Crippen molar-refractivity contribution >= 4 is 17.4 Å². The van der Waals surface area contributed by atoms with Crippen LogP contribution in [0, 0.1) is 11.8 Å². The summed E-state index contributed by atoms with van der Waals surface area (Å²) in [7, 11) is 0. The van der Waals surface area contributed by atoms with Gasteiger partial charge in [-0.2, -0.15) is 0 Å². The largest absolute Gasteiger partial charge is 3.00 e. The molecular formula is C8H21Al. The van der Waals surface area contributed by atoms with Gasteiger partial charge in [0.05, 0.1) is 0 Å². The van der Waals surface area contributed by atoms with Crippen LogP contribution in [-0.2, 0) is 0 Å². The second-order valence-corrected chi connectivity index (χ2v) is 3.37. The van der Waals surface area contributed by atoms with Crippen LogP contribution in [0.5, 0.6) is 0 Å². The first-order valence-corrected chi connectivity index (χ1v) is 3.63. The van der Waals surface area contributed by atoms with Crippen molar-refractivity contribution in [2.45, 2.75) is 40.5 Å². The van der Waals surface area contributed by atoms with Gasteiger partial charge in [0.15, 0.2) is 0 Å². The Morgan fingerprint density at radius 3 is 1.22 bits per heavy atom. The summed E-state index contributed by atoms with van der Waals surface area (Å²) >= 11 is 0. The van der Waals surface area contributed by atoms with Gasteiger partial charge in [0.2, 0.25) is 0 Å². The van der Waals surface area contributed by atoms with Gasteiger partial charge in [-0.1, -0.05) is 40.5 Å². The fourth-order valence-electron chi connectivity index (χ4n) is 0.667. The Hall–Kier alpha value is 0.532. The van der Waals surface area contributed by atoms with Crippen LogP contribution in [0.4, 0.5) is 0 Å². The second-order valence-electron chi connectivity index (χ2n) is 3.37. The first-order chi connectivity index (χ1) is 3.63. The minimum Gasteiger partial charge on any atom is -1.00 e. The Kier molecular flexibility index (Phi) is 9.04. The van der Waals surface area contributed by atoms with E-state index in [0.29, 0.717) is 0 Å². The predicted octanol–water partition coefficient (Wildman–Crippen LogP) is 3.04. The second kappa shape index (κ2) is 6.65. The molecule has 0 aliphatic heterocycles. The zero-order valence-corrected chi connectivity index (χ0v) is 8.30. The van der Waals surface area contributed by atoms with Gasteiger partial charge in [0.1, 0.15) is 0 Å². The third kappa shape index (κ3) is 11.9. The quantitative estimate of drug-likeness (QED) is 0.534. The summed E-state index contributed by atoms with van der Waals surface area (Å²) in [5, 5.41) is 0. The van der Waals surface area contributed by atoms with Crippen LogP contribution in [0.15, 0.2) is 0 Å². The molecule has 0 radical (unpaired) electrons. The maximum absolute atomic E-state index is 2.28. The Bertz CT molecular complexity index is 50.3. The third-order valence-corrected chi connectivity index (χ3v) is 1.32. The zero-order valence-electron chi connectivity index (χ0n) is 10.1. The van der Waals surface area contributed by atoms with E-state index in [-0.39, 0.29) is 21.6 Å². The average molecular weight is 144 g/mol. The predicted molar refractivity (Wildman–Crippen MR) is 48.0 cm³/mol. The molecule has 0 spiro atoms. The van der Waals surface area contributed by atoms with E-state index in [2.05, 4.69) is 27.7 Å². The summed E-state index contributed by atoms with van der Waals surface area (Å²) < 4.78 is 0. The molecule has 0 nitrogen and oxygen atoms in total. The van der Waals surface area contributed by atoms with Gasteiger partial charge in [-0.3, -0.25) is 0 Å². The van der Waals surface area contributed by atoms with Crippen molar-refractivity contribution in [3.05, 3.63) is 0 Å². The molecule has 0 aromatic heterocycles. The number of rotatable bonds is 3. The van der Waals surface area contributed by atoms with Gasteiger partial charge in [0, 0.05) is 0 Å². The van der Waals surface area contributed by atoms with Crippen molar-refractivity contribution in [2.24, 2.45) is 11.8 Å². The molecule has 56 valence electrons. The van der Waals surface area contributed by atoms with Gasteiger partial charge in [0.25, 0.3) is 0 Å². The Morgan fingerprint density at radius 1 is 0.889 bits per heavy atom. The smallest absolute Gasteiger partial charge is 1.00 e. The van der Waals surface area contributed by atoms with Crippen molar-refractivity contribution in [2.75, 3.05) is 0 Å². The average Bonchev–Trinajstić information content (AvgIpc) is 1.61. The molecule has 0 fully saturated rings. The minimum absolute atomic E-state index is 0. The van der Waals surface area contributed by atoms with E-state index in [0.717, 1.165) is 11.8 Å². The molecule has 0 heterocycles. The van der Waals surface area contributed by atoms with E-state index < -0.39 is 0 Å². The van der Waals surface area contributed by atoms with Crippen LogP contribution >= 0.6 is 0 Å². The summed E-state index contributed by atoms with van der Waals surface area (Å²) in [6.45, 7) is 9.12. The van der Waals surface area contributed by atoms with Crippen LogP contribution in [0.2, 0.25) is 0 Å². The van der Waals surface area contributed by atoms with Crippen molar-refractivity contribution in [1.29, 1.82) is 0 Å². The zero-order chi connectivity index (χ0) is 6.57. The fraction of sp³-hybridized carbons (Fsp3) is 1.00. The molecule has 1 heteroatoms. The molecule has 0 bridgehead atoms. The summed E-state index contributed by atoms with van der Waals surface area (Å²) in [6.07, 6.45) is 2.77. The summed E-state index contributed by atoms with van der Waals surface area (Å²) in [5.74, 6) is 1.77. The molecule has 0 amide bonds. The Morgan fingerprint density at radius 2 is 1.11 bits per heavy atom. The number of hydrogen-bond acceptors (Lipinski definition) is 0. The van der Waals surface area contributed by atoms with Crippen LogP contribution in [0.1, 0.15) is 44.8 Å². The van der Waals surface area contributed by atoms with Crippen molar-refractivity contribution in [1.82, 2.24) is 0 Å². The van der Waals surface area contributed by atoms with Gasteiger partial charge in [-0.25, -0.2) is 0 Å². The molecule has 0 unspecified atom stereocenters. The maximum atomic E-state index is 2.28. The number of hydrogen-bond donors (Lipinski definition) is 0. The molecule has 0 aliphatic rings. The topological polar surface area (TPSA) is 0 Å². The van der Waals surface area contributed by atoms with Crippen LogP contribution in [-0.4, -0.2) is 17.4 Å². The molecule has 0 aromatic rings.